The van der Waals surface area contributed by atoms with E-state index in [1.54, 1.807) is 0 Å². The summed E-state index contributed by atoms with van der Waals surface area (Å²) in [5, 5.41) is 7.36. The molecule has 3 nitrogen and oxygen atoms in total. The number of nitrogens with zero attached hydrogens (tertiary/aromatic N) is 2. The van der Waals surface area contributed by atoms with E-state index < -0.39 is 0 Å². The highest BCUT2D eigenvalue weighted by atomic mass is 15.3. The van der Waals surface area contributed by atoms with Gasteiger partial charge in [-0.05, 0) is 12.6 Å². The maximum atomic E-state index is 4.08. The van der Waals surface area contributed by atoms with Crippen molar-refractivity contribution in [3.63, 3.8) is 0 Å². The average Bonchev–Trinajstić information content (AvgIpc) is 2.37. The number of aromatic nitrogens is 2. The molecule has 11 heavy (non-hydrogen) atoms. The minimum atomic E-state index is 1.04. The van der Waals surface area contributed by atoms with Crippen LogP contribution >= 0.6 is 0 Å². The van der Waals surface area contributed by atoms with E-state index in [1.807, 2.05) is 17.9 Å². The van der Waals surface area contributed by atoms with E-state index in [4.69, 9.17) is 0 Å². The summed E-state index contributed by atoms with van der Waals surface area (Å²) in [5.41, 5.74) is 1.28. The third-order valence-electron chi connectivity index (χ3n) is 1.73. The highest BCUT2D eigenvalue weighted by Gasteiger charge is 1.95. The summed E-state index contributed by atoms with van der Waals surface area (Å²) < 4.78 is 1.91. The van der Waals surface area contributed by atoms with Gasteiger partial charge in [-0.3, -0.25) is 4.68 Å². The van der Waals surface area contributed by atoms with Gasteiger partial charge in [0.15, 0.2) is 0 Å². The van der Waals surface area contributed by atoms with Crippen LogP contribution in [0.3, 0.4) is 0 Å². The number of hydrogen-bond acceptors (Lipinski definition) is 2. The molecule has 1 rings (SSSR count). The molecule has 0 unspecified atom stereocenters. The zero-order valence-electron chi connectivity index (χ0n) is 7.17. The van der Waals surface area contributed by atoms with E-state index in [9.17, 15) is 0 Å². The van der Waals surface area contributed by atoms with E-state index in [0.717, 1.165) is 19.5 Å². The second kappa shape index (κ2) is 4.13. The van der Waals surface area contributed by atoms with Crippen LogP contribution in [-0.2, 0) is 13.5 Å². The topological polar surface area (TPSA) is 29.9 Å². The van der Waals surface area contributed by atoms with Crippen molar-refractivity contribution in [2.75, 3.05) is 13.1 Å². The molecule has 1 N–H and O–H groups in total. The summed E-state index contributed by atoms with van der Waals surface area (Å²) in [7, 11) is 1.97. The van der Waals surface area contributed by atoms with Crippen LogP contribution in [0.5, 0.6) is 0 Å². The maximum Gasteiger partial charge on any atom is 0.0492 e. The van der Waals surface area contributed by atoms with E-state index in [2.05, 4.69) is 23.4 Å². The molecule has 0 atom stereocenters. The molecular formula is C8H15N3. The lowest BCUT2D eigenvalue weighted by molar-refractivity contribution is 0.658. The molecule has 0 aliphatic carbocycles. The number of hydrogen-bond donors (Lipinski definition) is 1. The predicted octanol–water partition coefficient (Wildman–Crippen LogP) is 0.572. The number of rotatable bonds is 4. The smallest absolute Gasteiger partial charge is 0.0492 e. The molecule has 0 saturated heterocycles. The van der Waals surface area contributed by atoms with Crippen molar-refractivity contribution in [1.29, 1.82) is 0 Å². The molecule has 0 saturated carbocycles. The minimum Gasteiger partial charge on any atom is -0.317 e. The van der Waals surface area contributed by atoms with Crippen molar-refractivity contribution in [2.24, 2.45) is 7.05 Å². The van der Waals surface area contributed by atoms with E-state index >= 15 is 0 Å². The Morgan fingerprint density at radius 1 is 1.64 bits per heavy atom. The zero-order valence-corrected chi connectivity index (χ0v) is 7.17. The fraction of sp³-hybridized carbons (Fsp3) is 0.625. The average molecular weight is 153 g/mol. The molecular weight excluding hydrogens is 138 g/mol. The Balaban J connectivity index is 2.32. The van der Waals surface area contributed by atoms with Gasteiger partial charge in [0.1, 0.15) is 0 Å². The second-order valence-corrected chi connectivity index (χ2v) is 2.55. The monoisotopic (exact) mass is 153 g/mol. The standard InChI is InChI=1S/C8H15N3/c1-3-9-6-4-8-5-7-10-11(8)2/h5,7,9H,3-4,6H2,1-2H3. The van der Waals surface area contributed by atoms with E-state index in [-0.39, 0.29) is 0 Å². The van der Waals surface area contributed by atoms with Crippen LogP contribution in [0.25, 0.3) is 0 Å². The van der Waals surface area contributed by atoms with Crippen LogP contribution in [0.15, 0.2) is 12.3 Å². The van der Waals surface area contributed by atoms with Crippen molar-refractivity contribution < 1.29 is 0 Å². The molecule has 1 aromatic heterocycles. The van der Waals surface area contributed by atoms with E-state index in [0.29, 0.717) is 0 Å². The molecule has 1 heterocycles. The van der Waals surface area contributed by atoms with Crippen molar-refractivity contribution in [3.8, 4) is 0 Å². The molecule has 0 radical (unpaired) electrons. The first-order valence-corrected chi connectivity index (χ1v) is 4.02. The summed E-state index contributed by atoms with van der Waals surface area (Å²) in [6.45, 7) is 4.19. The molecule has 1 aromatic rings. The van der Waals surface area contributed by atoms with Gasteiger partial charge in [-0.2, -0.15) is 5.10 Å². The van der Waals surface area contributed by atoms with Crippen molar-refractivity contribution in [1.82, 2.24) is 15.1 Å². The summed E-state index contributed by atoms with van der Waals surface area (Å²) in [6, 6.07) is 2.05. The van der Waals surface area contributed by atoms with Gasteiger partial charge in [0.25, 0.3) is 0 Å². The first-order valence-electron chi connectivity index (χ1n) is 4.02. The Hall–Kier alpha value is -0.830. The number of aryl methyl sites for hydroxylation is 1. The first-order chi connectivity index (χ1) is 5.34. The maximum absolute atomic E-state index is 4.08. The molecule has 0 spiro atoms. The quantitative estimate of drug-likeness (QED) is 0.641. The lowest BCUT2D eigenvalue weighted by Crippen LogP contribution is -2.17. The summed E-state index contributed by atoms with van der Waals surface area (Å²) >= 11 is 0. The Labute approximate surface area is 67.4 Å². The van der Waals surface area contributed by atoms with Crippen molar-refractivity contribution in [3.05, 3.63) is 18.0 Å². The molecule has 3 heteroatoms. The van der Waals surface area contributed by atoms with Crippen LogP contribution in [0.4, 0.5) is 0 Å². The Bertz CT molecular complexity index is 205. The van der Waals surface area contributed by atoms with Gasteiger partial charge < -0.3 is 5.32 Å². The van der Waals surface area contributed by atoms with Gasteiger partial charge in [0.05, 0.1) is 0 Å². The van der Waals surface area contributed by atoms with Crippen LogP contribution in [0.1, 0.15) is 12.6 Å². The normalized spacial score (nSPS) is 10.4. The Kier molecular flexibility index (Phi) is 3.11. The molecule has 0 amide bonds. The molecule has 0 bridgehead atoms. The fourth-order valence-electron chi connectivity index (χ4n) is 1.04. The lowest BCUT2D eigenvalue weighted by atomic mass is 10.3. The van der Waals surface area contributed by atoms with Gasteiger partial charge in [-0.15, -0.1) is 0 Å². The van der Waals surface area contributed by atoms with Gasteiger partial charge in [-0.1, -0.05) is 6.92 Å². The summed E-state index contributed by atoms with van der Waals surface area (Å²) in [4.78, 5) is 0. The van der Waals surface area contributed by atoms with Crippen molar-refractivity contribution >= 4 is 0 Å². The highest BCUT2D eigenvalue weighted by Crippen LogP contribution is 1.95. The Morgan fingerprint density at radius 3 is 3.00 bits per heavy atom. The first kappa shape index (κ1) is 8.27. The molecule has 62 valence electrons. The van der Waals surface area contributed by atoms with Crippen LogP contribution in [-0.4, -0.2) is 22.9 Å². The molecule has 0 aliphatic heterocycles. The lowest BCUT2D eigenvalue weighted by Gasteiger charge is -2.01. The number of likely N-dealkylation sites (N-methyl/N-ethyl adjacent to an activating group) is 1. The SMILES string of the molecule is CCNCCc1ccnn1C. The van der Waals surface area contributed by atoms with Crippen molar-refractivity contribution in [2.45, 2.75) is 13.3 Å². The van der Waals surface area contributed by atoms with Gasteiger partial charge in [0, 0.05) is 31.9 Å². The van der Waals surface area contributed by atoms with Crippen LogP contribution in [0.2, 0.25) is 0 Å². The third-order valence-corrected chi connectivity index (χ3v) is 1.73. The van der Waals surface area contributed by atoms with Crippen LogP contribution < -0.4 is 5.32 Å². The van der Waals surface area contributed by atoms with Gasteiger partial charge in [-0.25, -0.2) is 0 Å². The summed E-state index contributed by atoms with van der Waals surface area (Å²) in [5.74, 6) is 0. The summed E-state index contributed by atoms with van der Waals surface area (Å²) in [6.07, 6.45) is 2.89. The third kappa shape index (κ3) is 2.35. The highest BCUT2D eigenvalue weighted by molar-refractivity contribution is 5.00. The van der Waals surface area contributed by atoms with E-state index in [1.165, 1.54) is 5.69 Å². The fourth-order valence-corrected chi connectivity index (χ4v) is 1.04. The van der Waals surface area contributed by atoms with Crippen LogP contribution in [0, 0.1) is 0 Å². The Morgan fingerprint density at radius 2 is 2.45 bits per heavy atom. The van der Waals surface area contributed by atoms with Gasteiger partial charge >= 0.3 is 0 Å². The number of nitrogens with one attached hydrogen (secondary N) is 1. The minimum absolute atomic E-state index is 1.04. The largest absolute Gasteiger partial charge is 0.317 e. The zero-order chi connectivity index (χ0) is 8.10. The molecule has 0 fully saturated rings. The van der Waals surface area contributed by atoms with Gasteiger partial charge in [0.2, 0.25) is 0 Å². The second-order valence-electron chi connectivity index (χ2n) is 2.55. The molecule has 0 aliphatic rings. The predicted molar refractivity (Wildman–Crippen MR) is 45.5 cm³/mol. The molecule has 0 aromatic carbocycles.